The summed E-state index contributed by atoms with van der Waals surface area (Å²) in [5.74, 6) is -0.671. The highest BCUT2D eigenvalue weighted by Gasteiger charge is 2.53. The van der Waals surface area contributed by atoms with Crippen LogP contribution in [0.25, 0.3) is 0 Å². The molecule has 0 saturated carbocycles. The van der Waals surface area contributed by atoms with Gasteiger partial charge in [-0.25, -0.2) is 4.79 Å². The van der Waals surface area contributed by atoms with Gasteiger partial charge in [-0.1, -0.05) is 6.92 Å². The zero-order valence-electron chi connectivity index (χ0n) is 7.50. The lowest BCUT2D eigenvalue weighted by Gasteiger charge is -2.36. The number of ether oxygens (including phenoxy) is 1. The molecular weight excluding hydrogens is 206 g/mol. The lowest BCUT2D eigenvalue weighted by Crippen LogP contribution is -2.55. The summed E-state index contributed by atoms with van der Waals surface area (Å²) in [5.41, 5.74) is 0. The fraction of sp³-hybridized carbons (Fsp3) is 0.625. The first-order valence-corrected chi connectivity index (χ1v) is 5.20. The van der Waals surface area contributed by atoms with E-state index in [0.29, 0.717) is 6.42 Å². The molecule has 6 heteroatoms. The summed E-state index contributed by atoms with van der Waals surface area (Å²) in [6.07, 6.45) is 0.486. The summed E-state index contributed by atoms with van der Waals surface area (Å²) in [5, 5.41) is 0.0978. The number of amides is 1. The molecule has 0 radical (unpaired) electrons. The Balaban J connectivity index is 2.13. The van der Waals surface area contributed by atoms with Gasteiger partial charge in [0.05, 0.1) is 11.8 Å². The molecule has 0 aromatic rings. The van der Waals surface area contributed by atoms with Crippen LogP contribution < -0.4 is 0 Å². The number of esters is 1. The Kier molecular flexibility index (Phi) is 2.22. The zero-order chi connectivity index (χ0) is 10.3. The van der Waals surface area contributed by atoms with Crippen molar-refractivity contribution in [3.63, 3.8) is 0 Å². The number of carbonyl (C=O) groups excluding carboxylic acids is 3. The maximum absolute atomic E-state index is 11.3. The third-order valence-corrected chi connectivity index (χ3v) is 3.86. The zero-order valence-corrected chi connectivity index (χ0v) is 8.32. The Labute approximate surface area is 84.8 Å². The highest BCUT2D eigenvalue weighted by Crippen LogP contribution is 2.44. The maximum atomic E-state index is 11.3. The molecule has 0 bridgehead atoms. The fourth-order valence-corrected chi connectivity index (χ4v) is 3.33. The van der Waals surface area contributed by atoms with E-state index >= 15 is 0 Å². The van der Waals surface area contributed by atoms with Gasteiger partial charge in [-0.2, -0.15) is 0 Å². The van der Waals surface area contributed by atoms with Gasteiger partial charge >= 0.3 is 12.4 Å². The van der Waals surface area contributed by atoms with E-state index in [1.807, 2.05) is 6.92 Å². The lowest BCUT2D eigenvalue weighted by atomic mass is 10.1. The quantitative estimate of drug-likeness (QED) is 0.275. The first-order valence-electron chi connectivity index (χ1n) is 4.26. The van der Waals surface area contributed by atoms with E-state index in [1.165, 1.54) is 4.90 Å². The summed E-state index contributed by atoms with van der Waals surface area (Å²) in [6, 6.07) is -0.587. The highest BCUT2D eigenvalue weighted by molar-refractivity contribution is 8.00. The van der Waals surface area contributed by atoms with E-state index in [2.05, 4.69) is 4.74 Å². The van der Waals surface area contributed by atoms with Gasteiger partial charge in [0.1, 0.15) is 6.04 Å². The van der Waals surface area contributed by atoms with Crippen LogP contribution in [0.5, 0.6) is 0 Å². The Morgan fingerprint density at radius 1 is 1.71 bits per heavy atom. The first kappa shape index (κ1) is 9.51. The molecule has 5 nitrogen and oxygen atoms in total. The Bertz CT molecular complexity index is 306. The van der Waals surface area contributed by atoms with Gasteiger partial charge in [-0.05, 0) is 0 Å². The summed E-state index contributed by atoms with van der Waals surface area (Å²) in [6.45, 7) is 1.96. The number of hydrogen-bond donors (Lipinski definition) is 0. The molecule has 3 atom stereocenters. The second-order valence-electron chi connectivity index (χ2n) is 3.28. The van der Waals surface area contributed by atoms with Crippen molar-refractivity contribution < 1.29 is 19.1 Å². The molecule has 0 spiro atoms. The van der Waals surface area contributed by atoms with E-state index in [1.54, 1.807) is 11.8 Å². The van der Waals surface area contributed by atoms with E-state index in [4.69, 9.17) is 0 Å². The van der Waals surface area contributed by atoms with Crippen molar-refractivity contribution >= 4 is 30.1 Å². The minimum Gasteiger partial charge on any atom is -0.394 e. The van der Waals surface area contributed by atoms with Gasteiger partial charge in [-0.15, -0.1) is 11.8 Å². The molecule has 2 saturated heterocycles. The molecule has 3 unspecified atom stereocenters. The number of β-lactam (4-membered cyclic amide) rings is 1. The second-order valence-corrected chi connectivity index (χ2v) is 4.84. The maximum Gasteiger partial charge on any atom is 0.337 e. The van der Waals surface area contributed by atoms with Crippen LogP contribution in [0.3, 0.4) is 0 Å². The van der Waals surface area contributed by atoms with Crippen LogP contribution in [-0.2, 0) is 19.1 Å². The first-order chi connectivity index (χ1) is 6.65. The van der Waals surface area contributed by atoms with Gasteiger partial charge in [0.15, 0.2) is 0 Å². The minimum atomic E-state index is -0.629. The van der Waals surface area contributed by atoms with Gasteiger partial charge in [0.2, 0.25) is 5.91 Å². The summed E-state index contributed by atoms with van der Waals surface area (Å²) in [4.78, 5) is 34.0. The van der Waals surface area contributed by atoms with E-state index in [-0.39, 0.29) is 23.0 Å². The van der Waals surface area contributed by atoms with Crippen LogP contribution in [0, 0.1) is 0 Å². The van der Waals surface area contributed by atoms with Crippen molar-refractivity contribution in [1.29, 1.82) is 0 Å². The molecule has 2 fully saturated rings. The number of carbonyl (C=O) groups is 3. The highest BCUT2D eigenvalue weighted by atomic mass is 32.2. The second kappa shape index (κ2) is 3.27. The van der Waals surface area contributed by atoms with E-state index < -0.39 is 12.0 Å². The van der Waals surface area contributed by atoms with Gasteiger partial charge < -0.3 is 9.64 Å². The Morgan fingerprint density at radius 2 is 2.43 bits per heavy atom. The molecule has 14 heavy (non-hydrogen) atoms. The smallest absolute Gasteiger partial charge is 0.337 e. The van der Waals surface area contributed by atoms with Crippen molar-refractivity contribution in [2.75, 3.05) is 0 Å². The normalized spacial score (nSPS) is 34.8. The number of nitrogens with zero attached hydrogens (tertiary/aromatic N) is 1. The molecule has 2 rings (SSSR count). The van der Waals surface area contributed by atoms with Crippen molar-refractivity contribution in [2.24, 2.45) is 0 Å². The Hall–Kier alpha value is -1.04. The van der Waals surface area contributed by atoms with E-state index in [9.17, 15) is 14.4 Å². The standard InChI is InChI=1S/C8H9NO4S/c1-4-7(8(12)13-3-10)9-5(11)2-6(9)14-4/h3-4,6-7H,2H2,1H3. The molecular formula is C8H9NO4S. The third-order valence-electron chi connectivity index (χ3n) is 2.47. The van der Waals surface area contributed by atoms with Crippen LogP contribution in [0.1, 0.15) is 13.3 Å². The third kappa shape index (κ3) is 1.21. The topological polar surface area (TPSA) is 63.7 Å². The number of thioether (sulfide) groups is 1. The fourth-order valence-electron chi connectivity index (χ4n) is 1.82. The average molecular weight is 215 g/mol. The van der Waals surface area contributed by atoms with Crippen molar-refractivity contribution in [3.8, 4) is 0 Å². The van der Waals surface area contributed by atoms with Crippen LogP contribution >= 0.6 is 11.8 Å². The van der Waals surface area contributed by atoms with Gasteiger partial charge in [-0.3, -0.25) is 9.59 Å². The van der Waals surface area contributed by atoms with Crippen molar-refractivity contribution in [1.82, 2.24) is 4.90 Å². The minimum absolute atomic E-state index is 0.00102. The van der Waals surface area contributed by atoms with Crippen LogP contribution in [-0.4, -0.2) is 39.9 Å². The number of fused-ring (bicyclic) bond motifs is 1. The molecule has 76 valence electrons. The Morgan fingerprint density at radius 3 is 3.00 bits per heavy atom. The van der Waals surface area contributed by atoms with Crippen LogP contribution in [0.2, 0.25) is 0 Å². The molecule has 0 aliphatic carbocycles. The number of rotatable bonds is 2. The van der Waals surface area contributed by atoms with Crippen molar-refractivity contribution in [2.45, 2.75) is 30.0 Å². The molecule has 0 aromatic carbocycles. The monoisotopic (exact) mass is 215 g/mol. The van der Waals surface area contributed by atoms with Crippen LogP contribution in [0.15, 0.2) is 0 Å². The van der Waals surface area contributed by atoms with Gasteiger partial charge in [0, 0.05) is 5.25 Å². The van der Waals surface area contributed by atoms with Crippen LogP contribution in [0.4, 0.5) is 0 Å². The molecule has 0 aromatic heterocycles. The molecule has 0 N–H and O–H groups in total. The summed E-state index contributed by atoms with van der Waals surface area (Å²) < 4.78 is 4.27. The predicted molar refractivity (Wildman–Crippen MR) is 48.2 cm³/mol. The van der Waals surface area contributed by atoms with Crippen molar-refractivity contribution in [3.05, 3.63) is 0 Å². The number of hydrogen-bond acceptors (Lipinski definition) is 5. The SMILES string of the molecule is CC1SC2CC(=O)N2C1C(=O)OC=O. The van der Waals surface area contributed by atoms with Gasteiger partial charge in [0.25, 0.3) is 0 Å². The summed E-state index contributed by atoms with van der Waals surface area (Å²) in [7, 11) is 0. The lowest BCUT2D eigenvalue weighted by molar-refractivity contribution is -0.163. The molecule has 2 aliphatic rings. The van der Waals surface area contributed by atoms with E-state index in [0.717, 1.165) is 0 Å². The predicted octanol–water partition coefficient (Wildman–Crippen LogP) is -0.252. The molecule has 2 heterocycles. The largest absolute Gasteiger partial charge is 0.394 e. The molecule has 2 aliphatic heterocycles. The molecule has 1 amide bonds. The summed E-state index contributed by atoms with van der Waals surface area (Å²) >= 11 is 1.57. The average Bonchev–Trinajstić information content (AvgIpc) is 2.38.